The summed E-state index contributed by atoms with van der Waals surface area (Å²) in [5, 5.41) is -0.933. The second-order valence-electron chi connectivity index (χ2n) is 5.28. The normalized spacial score (nSPS) is 38.4. The van der Waals surface area contributed by atoms with Gasteiger partial charge in [0.15, 0.2) is 6.10 Å². The molecular weight excluding hydrogens is 320 g/mol. The third kappa shape index (κ3) is 2.52. The van der Waals surface area contributed by atoms with Crippen molar-refractivity contribution >= 4 is 33.0 Å². The van der Waals surface area contributed by atoms with Crippen LogP contribution < -0.4 is 0 Å². The van der Waals surface area contributed by atoms with Gasteiger partial charge >= 0.3 is 5.97 Å². The summed E-state index contributed by atoms with van der Waals surface area (Å²) < 4.78 is 39.1. The van der Waals surface area contributed by atoms with Gasteiger partial charge in [-0.1, -0.05) is 18.3 Å². The lowest BCUT2D eigenvalue weighted by Crippen LogP contribution is -2.41. The zero-order valence-electron chi connectivity index (χ0n) is 11.2. The molecule has 3 aliphatic rings. The molecule has 116 valence electrons. The molecule has 0 N–H and O–H groups in total. The number of hydrogen-bond acceptors (Lipinski definition) is 8. The quantitative estimate of drug-likeness (QED) is 0.403. The molecule has 3 heterocycles. The van der Waals surface area contributed by atoms with Crippen LogP contribution in [0.5, 0.6) is 0 Å². The van der Waals surface area contributed by atoms with Gasteiger partial charge in [-0.3, -0.25) is 13.8 Å². The molecule has 2 bridgehead atoms. The van der Waals surface area contributed by atoms with Crippen LogP contribution in [-0.4, -0.2) is 54.9 Å². The van der Waals surface area contributed by atoms with Crippen LogP contribution in [0.25, 0.3) is 0 Å². The van der Waals surface area contributed by atoms with Crippen molar-refractivity contribution in [3.8, 4) is 0 Å². The Morgan fingerprint density at radius 1 is 1.38 bits per heavy atom. The third-order valence-corrected chi connectivity index (χ3v) is 6.41. The standard InChI is InChI=1S/C12H14O7S2/c1-5(2)12(14)20-4-8(13)18-9-6-3-7-10(17-6)11(9)19-21(7,15)16/h6-7,9-11H,1,3-4H2,2H3. The Morgan fingerprint density at radius 3 is 2.76 bits per heavy atom. The first-order valence-electron chi connectivity index (χ1n) is 6.39. The highest BCUT2D eigenvalue weighted by molar-refractivity contribution is 8.14. The Morgan fingerprint density at radius 2 is 2.10 bits per heavy atom. The number of thioether (sulfide) groups is 1. The third-order valence-electron chi connectivity index (χ3n) is 3.73. The van der Waals surface area contributed by atoms with E-state index in [4.69, 9.17) is 13.7 Å². The van der Waals surface area contributed by atoms with Crippen molar-refractivity contribution in [3.05, 3.63) is 12.2 Å². The van der Waals surface area contributed by atoms with E-state index in [-0.39, 0.29) is 17.3 Å². The molecule has 5 atom stereocenters. The summed E-state index contributed by atoms with van der Waals surface area (Å²) in [6.07, 6.45) is -2.21. The van der Waals surface area contributed by atoms with Gasteiger partial charge in [0, 0.05) is 0 Å². The minimum absolute atomic E-state index is 0.150. The van der Waals surface area contributed by atoms with E-state index in [0.29, 0.717) is 5.57 Å². The highest BCUT2D eigenvalue weighted by Gasteiger charge is 2.67. The first-order chi connectivity index (χ1) is 9.79. The van der Waals surface area contributed by atoms with Crippen LogP contribution in [0.4, 0.5) is 0 Å². The highest BCUT2D eigenvalue weighted by atomic mass is 32.2. The lowest BCUT2D eigenvalue weighted by atomic mass is 9.94. The molecule has 0 radical (unpaired) electrons. The van der Waals surface area contributed by atoms with E-state index in [9.17, 15) is 18.0 Å². The average molecular weight is 334 g/mol. The van der Waals surface area contributed by atoms with E-state index in [1.165, 1.54) is 0 Å². The van der Waals surface area contributed by atoms with Gasteiger partial charge < -0.3 is 9.47 Å². The van der Waals surface area contributed by atoms with Crippen molar-refractivity contribution in [1.82, 2.24) is 0 Å². The molecule has 3 aliphatic heterocycles. The second-order valence-corrected chi connectivity index (χ2v) is 8.01. The maximum atomic E-state index is 11.8. The Hall–Kier alpha value is -0.900. The fourth-order valence-electron chi connectivity index (χ4n) is 2.80. The van der Waals surface area contributed by atoms with E-state index < -0.39 is 45.8 Å². The van der Waals surface area contributed by atoms with E-state index in [0.717, 1.165) is 11.8 Å². The molecule has 5 unspecified atom stereocenters. The molecule has 7 nitrogen and oxygen atoms in total. The fourth-order valence-corrected chi connectivity index (χ4v) is 5.01. The molecule has 3 fully saturated rings. The predicted octanol–water partition coefficient (Wildman–Crippen LogP) is 0.00240. The second kappa shape index (κ2) is 5.08. The minimum atomic E-state index is -3.62. The van der Waals surface area contributed by atoms with Crippen molar-refractivity contribution in [1.29, 1.82) is 0 Å². The molecule has 3 saturated heterocycles. The van der Waals surface area contributed by atoms with Crippen LogP contribution in [-0.2, 0) is 33.4 Å². The summed E-state index contributed by atoms with van der Waals surface area (Å²) in [4.78, 5) is 23.1. The monoisotopic (exact) mass is 334 g/mol. The molecule has 0 aromatic carbocycles. The van der Waals surface area contributed by atoms with Crippen molar-refractivity contribution in [2.45, 2.75) is 43.0 Å². The van der Waals surface area contributed by atoms with Crippen LogP contribution in [0.3, 0.4) is 0 Å². The maximum absolute atomic E-state index is 11.8. The summed E-state index contributed by atoms with van der Waals surface area (Å²) in [7, 11) is -3.62. The van der Waals surface area contributed by atoms with E-state index in [1.807, 2.05) is 0 Å². The molecule has 3 rings (SSSR count). The first kappa shape index (κ1) is 15.0. The number of fused-ring (bicyclic) bond motifs is 1. The Bertz CT molecular complexity index is 611. The summed E-state index contributed by atoms with van der Waals surface area (Å²) in [6.45, 7) is 5.04. The van der Waals surface area contributed by atoms with Gasteiger partial charge in [0.2, 0.25) is 5.12 Å². The minimum Gasteiger partial charge on any atom is -0.456 e. The van der Waals surface area contributed by atoms with Crippen molar-refractivity contribution in [2.75, 3.05) is 5.75 Å². The molecule has 0 saturated carbocycles. The number of carbonyl (C=O) groups excluding carboxylic acids is 2. The van der Waals surface area contributed by atoms with Gasteiger partial charge in [0.25, 0.3) is 10.1 Å². The lowest BCUT2D eigenvalue weighted by Gasteiger charge is -2.21. The van der Waals surface area contributed by atoms with Gasteiger partial charge in [-0.2, -0.15) is 8.42 Å². The smallest absolute Gasteiger partial charge is 0.316 e. The van der Waals surface area contributed by atoms with Gasteiger partial charge in [0.1, 0.15) is 17.5 Å². The fraction of sp³-hybridized carbons (Fsp3) is 0.667. The molecule has 9 heteroatoms. The van der Waals surface area contributed by atoms with Crippen LogP contribution in [0, 0.1) is 0 Å². The number of hydrogen-bond donors (Lipinski definition) is 0. The Labute approximate surface area is 126 Å². The van der Waals surface area contributed by atoms with Gasteiger partial charge in [0.05, 0.1) is 11.9 Å². The molecule has 21 heavy (non-hydrogen) atoms. The number of ether oxygens (including phenoxy) is 2. The Kier molecular flexibility index (Phi) is 3.63. The lowest BCUT2D eigenvalue weighted by molar-refractivity contribution is -0.151. The van der Waals surface area contributed by atoms with Crippen molar-refractivity contribution in [3.63, 3.8) is 0 Å². The van der Waals surface area contributed by atoms with E-state index >= 15 is 0 Å². The number of rotatable bonds is 4. The molecule has 0 amide bonds. The van der Waals surface area contributed by atoms with Crippen molar-refractivity contribution < 1.29 is 31.7 Å². The van der Waals surface area contributed by atoms with Crippen LogP contribution in [0.1, 0.15) is 13.3 Å². The maximum Gasteiger partial charge on any atom is 0.316 e. The number of carbonyl (C=O) groups is 2. The number of esters is 1. The molecule has 0 spiro atoms. The largest absolute Gasteiger partial charge is 0.456 e. The molecule has 0 aromatic heterocycles. The van der Waals surface area contributed by atoms with Crippen LogP contribution in [0.15, 0.2) is 12.2 Å². The van der Waals surface area contributed by atoms with Gasteiger partial charge in [-0.25, -0.2) is 0 Å². The van der Waals surface area contributed by atoms with E-state index in [2.05, 4.69) is 6.58 Å². The van der Waals surface area contributed by atoms with Crippen LogP contribution >= 0.6 is 11.8 Å². The van der Waals surface area contributed by atoms with E-state index in [1.54, 1.807) is 6.92 Å². The summed E-state index contributed by atoms with van der Waals surface area (Å²) >= 11 is 0.802. The average Bonchev–Trinajstić information content (AvgIpc) is 2.99. The summed E-state index contributed by atoms with van der Waals surface area (Å²) in [6, 6.07) is 0. The first-order valence-corrected chi connectivity index (χ1v) is 8.85. The van der Waals surface area contributed by atoms with Crippen molar-refractivity contribution in [2.24, 2.45) is 0 Å². The highest BCUT2D eigenvalue weighted by Crippen LogP contribution is 2.47. The SMILES string of the molecule is C=C(C)C(=O)SCC(=O)OC1C2CC3C(O2)C1OS3(=O)=O. The topological polar surface area (TPSA) is 96.0 Å². The summed E-state index contributed by atoms with van der Waals surface area (Å²) in [5.74, 6) is -0.747. The van der Waals surface area contributed by atoms with Gasteiger partial charge in [-0.05, 0) is 18.9 Å². The Balaban J connectivity index is 1.59. The molecule has 0 aromatic rings. The predicted molar refractivity (Wildman–Crippen MR) is 73.0 cm³/mol. The van der Waals surface area contributed by atoms with Crippen LogP contribution in [0.2, 0.25) is 0 Å². The van der Waals surface area contributed by atoms with Gasteiger partial charge in [-0.15, -0.1) is 0 Å². The molecule has 0 aliphatic carbocycles. The zero-order valence-corrected chi connectivity index (χ0v) is 12.8. The zero-order chi connectivity index (χ0) is 15.4. The molecular formula is C12H14O7S2. The summed E-state index contributed by atoms with van der Waals surface area (Å²) in [5.41, 5.74) is 0.351.